The first-order chi connectivity index (χ1) is 21.8. The highest BCUT2D eigenvalue weighted by molar-refractivity contribution is 6.10. The van der Waals surface area contributed by atoms with Crippen LogP contribution >= 0.6 is 0 Å². The lowest BCUT2D eigenvalue weighted by Gasteiger charge is -2.12. The van der Waals surface area contributed by atoms with Gasteiger partial charge >= 0.3 is 0 Å². The monoisotopic (exact) mass is 564 g/mol. The van der Waals surface area contributed by atoms with Crippen molar-refractivity contribution in [2.75, 3.05) is 0 Å². The Kier molecular flexibility index (Phi) is 5.40. The van der Waals surface area contributed by atoms with Crippen molar-refractivity contribution in [1.29, 1.82) is 0 Å². The molecule has 9 rings (SSSR count). The molecule has 0 bridgehead atoms. The standard InChI is InChI=1S/C38H24N6/c1-2-13-25(14-3-1)36-40-37(42-38(41-36)44-33-22-10-6-17-28(33)29-18-7-11-23-34(29)44)30-19-12-24-35(39-30)43-31-20-8-4-15-26(31)27-16-5-9-21-32(27)43/h1-24H. The van der Waals surface area contributed by atoms with Gasteiger partial charge in [0, 0.05) is 27.1 Å². The van der Waals surface area contributed by atoms with Gasteiger partial charge in [0.25, 0.3) is 0 Å². The Morgan fingerprint density at radius 2 is 0.818 bits per heavy atom. The van der Waals surface area contributed by atoms with Crippen molar-refractivity contribution in [3.8, 4) is 34.7 Å². The van der Waals surface area contributed by atoms with Gasteiger partial charge in [0.1, 0.15) is 11.5 Å². The summed E-state index contributed by atoms with van der Waals surface area (Å²) in [5.41, 5.74) is 5.87. The number of aromatic nitrogens is 6. The average Bonchev–Trinajstić information content (AvgIpc) is 3.62. The Hall–Kier alpha value is -6.14. The van der Waals surface area contributed by atoms with E-state index in [1.54, 1.807) is 0 Å². The molecule has 4 aromatic heterocycles. The maximum absolute atomic E-state index is 5.17. The normalized spacial score (nSPS) is 11.6. The van der Waals surface area contributed by atoms with E-state index >= 15 is 0 Å². The molecule has 44 heavy (non-hydrogen) atoms. The van der Waals surface area contributed by atoms with Crippen molar-refractivity contribution in [2.45, 2.75) is 0 Å². The maximum atomic E-state index is 5.17. The minimum Gasteiger partial charge on any atom is -0.294 e. The number of rotatable bonds is 4. The molecule has 0 aliphatic carbocycles. The van der Waals surface area contributed by atoms with Crippen LogP contribution in [-0.2, 0) is 0 Å². The summed E-state index contributed by atoms with van der Waals surface area (Å²) in [6.07, 6.45) is 0. The molecular formula is C38H24N6. The fourth-order valence-corrected chi connectivity index (χ4v) is 6.28. The largest absolute Gasteiger partial charge is 0.294 e. The van der Waals surface area contributed by atoms with Gasteiger partial charge in [0.15, 0.2) is 11.6 Å². The highest BCUT2D eigenvalue weighted by Crippen LogP contribution is 2.33. The van der Waals surface area contributed by atoms with Crippen molar-refractivity contribution in [1.82, 2.24) is 29.1 Å². The molecular weight excluding hydrogens is 540 g/mol. The van der Waals surface area contributed by atoms with Crippen molar-refractivity contribution in [3.63, 3.8) is 0 Å². The van der Waals surface area contributed by atoms with E-state index in [0.29, 0.717) is 23.3 Å². The Labute approximate surface area is 252 Å². The Morgan fingerprint density at radius 3 is 1.39 bits per heavy atom. The van der Waals surface area contributed by atoms with Crippen LogP contribution in [0, 0.1) is 0 Å². The molecule has 0 amide bonds. The Morgan fingerprint density at radius 1 is 0.341 bits per heavy atom. The lowest BCUT2D eigenvalue weighted by Crippen LogP contribution is -2.07. The molecule has 206 valence electrons. The third-order valence-corrected chi connectivity index (χ3v) is 8.21. The highest BCUT2D eigenvalue weighted by atomic mass is 15.2. The van der Waals surface area contributed by atoms with Crippen LogP contribution in [0.4, 0.5) is 0 Å². The number of pyridine rings is 1. The first-order valence-electron chi connectivity index (χ1n) is 14.6. The number of para-hydroxylation sites is 4. The molecule has 0 radical (unpaired) electrons. The van der Waals surface area contributed by atoms with Crippen LogP contribution in [0.5, 0.6) is 0 Å². The average molecular weight is 565 g/mol. The molecule has 0 fully saturated rings. The van der Waals surface area contributed by atoms with Crippen molar-refractivity contribution < 1.29 is 0 Å². The zero-order valence-corrected chi connectivity index (χ0v) is 23.5. The van der Waals surface area contributed by atoms with Crippen LogP contribution < -0.4 is 0 Å². The number of fused-ring (bicyclic) bond motifs is 6. The predicted molar refractivity (Wildman–Crippen MR) is 177 cm³/mol. The van der Waals surface area contributed by atoms with E-state index in [1.165, 1.54) is 10.8 Å². The van der Waals surface area contributed by atoms with Gasteiger partial charge in [0.2, 0.25) is 5.95 Å². The Bertz CT molecular complexity index is 2400. The smallest absolute Gasteiger partial charge is 0.238 e. The number of benzene rings is 5. The molecule has 0 atom stereocenters. The van der Waals surface area contributed by atoms with Gasteiger partial charge in [-0.05, 0) is 36.4 Å². The molecule has 5 aromatic carbocycles. The zero-order valence-electron chi connectivity index (χ0n) is 23.5. The van der Waals surface area contributed by atoms with Crippen LogP contribution in [0.2, 0.25) is 0 Å². The van der Waals surface area contributed by atoms with E-state index in [-0.39, 0.29) is 0 Å². The van der Waals surface area contributed by atoms with Gasteiger partial charge in [-0.3, -0.25) is 9.13 Å². The van der Waals surface area contributed by atoms with E-state index < -0.39 is 0 Å². The van der Waals surface area contributed by atoms with E-state index in [9.17, 15) is 0 Å². The molecule has 6 nitrogen and oxygen atoms in total. The first kappa shape index (κ1) is 24.5. The summed E-state index contributed by atoms with van der Waals surface area (Å²) in [5, 5.41) is 4.68. The molecule has 0 N–H and O–H groups in total. The Balaban J connectivity index is 1.30. The quantitative estimate of drug-likeness (QED) is 0.214. The molecule has 0 aliphatic heterocycles. The molecule has 9 aromatic rings. The number of hydrogen-bond acceptors (Lipinski definition) is 4. The molecule has 0 aliphatic rings. The van der Waals surface area contributed by atoms with Crippen molar-refractivity contribution in [2.24, 2.45) is 0 Å². The first-order valence-corrected chi connectivity index (χ1v) is 14.6. The molecule has 0 saturated carbocycles. The van der Waals surface area contributed by atoms with Gasteiger partial charge < -0.3 is 0 Å². The van der Waals surface area contributed by atoms with Gasteiger partial charge in [-0.1, -0.05) is 109 Å². The summed E-state index contributed by atoms with van der Waals surface area (Å²) in [7, 11) is 0. The van der Waals surface area contributed by atoms with Crippen LogP contribution in [0.25, 0.3) is 78.3 Å². The minimum atomic E-state index is 0.512. The lowest BCUT2D eigenvalue weighted by atomic mass is 10.2. The van der Waals surface area contributed by atoms with Gasteiger partial charge in [-0.25, -0.2) is 9.97 Å². The summed E-state index contributed by atoms with van der Waals surface area (Å²) in [5.74, 6) is 2.46. The summed E-state index contributed by atoms with van der Waals surface area (Å²) in [6.45, 7) is 0. The second-order valence-electron chi connectivity index (χ2n) is 10.8. The zero-order chi connectivity index (χ0) is 29.0. The third-order valence-electron chi connectivity index (χ3n) is 8.21. The van der Waals surface area contributed by atoms with E-state index in [2.05, 4.69) is 106 Å². The maximum Gasteiger partial charge on any atom is 0.238 e. The SMILES string of the molecule is c1ccc(-c2nc(-c3cccc(-n4c5ccccc5c5ccccc54)n3)nc(-n3c4ccccc4c4ccccc43)n2)cc1. The topological polar surface area (TPSA) is 61.4 Å². The van der Waals surface area contributed by atoms with Crippen molar-refractivity contribution >= 4 is 43.6 Å². The minimum absolute atomic E-state index is 0.512. The second kappa shape index (κ2) is 9.71. The van der Waals surface area contributed by atoms with Gasteiger partial charge in [-0.15, -0.1) is 0 Å². The van der Waals surface area contributed by atoms with E-state index in [4.69, 9.17) is 19.9 Å². The van der Waals surface area contributed by atoms with Crippen LogP contribution in [0.15, 0.2) is 146 Å². The third kappa shape index (κ3) is 3.75. The van der Waals surface area contributed by atoms with E-state index in [0.717, 1.165) is 44.2 Å². The van der Waals surface area contributed by atoms with Gasteiger partial charge in [0.05, 0.1) is 22.1 Å². The van der Waals surface area contributed by atoms with Crippen LogP contribution in [0.3, 0.4) is 0 Å². The molecule has 0 spiro atoms. The molecule has 4 heterocycles. The van der Waals surface area contributed by atoms with Crippen LogP contribution in [-0.4, -0.2) is 29.1 Å². The molecule has 0 saturated heterocycles. The lowest BCUT2D eigenvalue weighted by molar-refractivity contribution is 0.945. The number of nitrogens with zero attached hydrogens (tertiary/aromatic N) is 6. The fourth-order valence-electron chi connectivity index (χ4n) is 6.28. The van der Waals surface area contributed by atoms with Gasteiger partial charge in [-0.2, -0.15) is 9.97 Å². The van der Waals surface area contributed by atoms with Crippen molar-refractivity contribution in [3.05, 3.63) is 146 Å². The molecule has 0 unspecified atom stereocenters. The van der Waals surface area contributed by atoms with Crippen LogP contribution in [0.1, 0.15) is 0 Å². The summed E-state index contributed by atoms with van der Waals surface area (Å²) >= 11 is 0. The fraction of sp³-hybridized carbons (Fsp3) is 0. The second-order valence-corrected chi connectivity index (χ2v) is 10.8. The highest BCUT2D eigenvalue weighted by Gasteiger charge is 2.19. The molecule has 6 heteroatoms. The number of hydrogen-bond donors (Lipinski definition) is 0. The summed E-state index contributed by atoms with van der Waals surface area (Å²) in [6, 6.07) is 49.7. The summed E-state index contributed by atoms with van der Waals surface area (Å²) in [4.78, 5) is 20.3. The predicted octanol–water partition coefficient (Wildman–Crippen LogP) is 8.79. The van der Waals surface area contributed by atoms with E-state index in [1.807, 2.05) is 48.5 Å². The summed E-state index contributed by atoms with van der Waals surface area (Å²) < 4.78 is 4.33.